The van der Waals surface area contributed by atoms with Gasteiger partial charge in [-0.05, 0) is 52.2 Å². The molecule has 2 amide bonds. The molecule has 0 unspecified atom stereocenters. The van der Waals surface area contributed by atoms with E-state index in [1.165, 1.54) is 6.33 Å². The molecular formula is C19H18N8O. The number of tetrazole rings is 1. The van der Waals surface area contributed by atoms with E-state index >= 15 is 0 Å². The summed E-state index contributed by atoms with van der Waals surface area (Å²) in [6, 6.07) is 15.1. The molecule has 9 nitrogen and oxygen atoms in total. The van der Waals surface area contributed by atoms with Gasteiger partial charge in [0.25, 0.3) is 0 Å². The van der Waals surface area contributed by atoms with Gasteiger partial charge in [-0.1, -0.05) is 30.3 Å². The number of hydrogen-bond donors (Lipinski definition) is 3. The number of anilines is 1. The molecule has 2 aromatic carbocycles. The maximum absolute atomic E-state index is 12.2. The minimum absolute atomic E-state index is 0.288. The van der Waals surface area contributed by atoms with Crippen LogP contribution in [0.3, 0.4) is 0 Å². The fourth-order valence-electron chi connectivity index (χ4n) is 2.78. The first kappa shape index (κ1) is 17.4. The minimum Gasteiger partial charge on any atom is -0.334 e. The molecule has 0 bridgehead atoms. The van der Waals surface area contributed by atoms with E-state index in [-0.39, 0.29) is 6.03 Å². The number of carbonyl (C=O) groups excluding carboxylic acids is 1. The van der Waals surface area contributed by atoms with Crippen molar-refractivity contribution in [2.24, 2.45) is 0 Å². The Hall–Kier alpha value is -4.01. The Bertz CT molecular complexity index is 1060. The molecule has 0 aliphatic rings. The third kappa shape index (κ3) is 3.88. The van der Waals surface area contributed by atoms with E-state index in [9.17, 15) is 4.79 Å². The summed E-state index contributed by atoms with van der Waals surface area (Å²) < 4.78 is 1.56. The third-order valence-corrected chi connectivity index (χ3v) is 4.28. The van der Waals surface area contributed by atoms with Crippen molar-refractivity contribution >= 4 is 11.7 Å². The molecule has 0 saturated heterocycles. The summed E-state index contributed by atoms with van der Waals surface area (Å²) in [6.45, 7) is 2.37. The number of aromatic amines is 1. The SMILES string of the molecule is Cc1ccc(NC(=O)NCc2ccc(-c3ccn[nH]3)cc2)cc1-n1cnnn1. The number of rotatable bonds is 5. The van der Waals surface area contributed by atoms with Gasteiger partial charge in [-0.15, -0.1) is 5.10 Å². The van der Waals surface area contributed by atoms with Gasteiger partial charge < -0.3 is 10.6 Å². The Morgan fingerprint density at radius 2 is 2.00 bits per heavy atom. The van der Waals surface area contributed by atoms with E-state index in [4.69, 9.17) is 0 Å². The molecule has 9 heteroatoms. The zero-order valence-electron chi connectivity index (χ0n) is 15.1. The van der Waals surface area contributed by atoms with E-state index in [2.05, 4.69) is 36.4 Å². The minimum atomic E-state index is -0.288. The third-order valence-electron chi connectivity index (χ3n) is 4.28. The van der Waals surface area contributed by atoms with Gasteiger partial charge in [0.15, 0.2) is 0 Å². The molecule has 0 saturated carbocycles. The van der Waals surface area contributed by atoms with Gasteiger partial charge in [0.1, 0.15) is 6.33 Å². The van der Waals surface area contributed by atoms with Crippen LogP contribution in [-0.2, 0) is 6.54 Å². The van der Waals surface area contributed by atoms with Crippen molar-refractivity contribution in [1.82, 2.24) is 35.7 Å². The topological polar surface area (TPSA) is 113 Å². The molecule has 28 heavy (non-hydrogen) atoms. The Labute approximate surface area is 160 Å². The number of nitrogens with zero attached hydrogens (tertiary/aromatic N) is 5. The van der Waals surface area contributed by atoms with Crippen LogP contribution < -0.4 is 10.6 Å². The van der Waals surface area contributed by atoms with E-state index in [1.807, 2.05) is 55.5 Å². The maximum atomic E-state index is 12.2. The number of urea groups is 1. The highest BCUT2D eigenvalue weighted by molar-refractivity contribution is 5.89. The molecule has 3 N–H and O–H groups in total. The first-order valence-electron chi connectivity index (χ1n) is 8.66. The lowest BCUT2D eigenvalue weighted by atomic mass is 10.1. The van der Waals surface area contributed by atoms with Crippen LogP contribution in [0, 0.1) is 6.92 Å². The predicted octanol–water partition coefficient (Wildman–Crippen LogP) is 2.68. The first-order valence-corrected chi connectivity index (χ1v) is 8.66. The van der Waals surface area contributed by atoms with E-state index in [0.717, 1.165) is 28.1 Å². The Morgan fingerprint density at radius 3 is 2.71 bits per heavy atom. The molecule has 0 radical (unpaired) electrons. The Morgan fingerprint density at radius 1 is 1.14 bits per heavy atom. The maximum Gasteiger partial charge on any atom is 0.319 e. The van der Waals surface area contributed by atoms with Crippen molar-refractivity contribution in [3.05, 3.63) is 72.2 Å². The van der Waals surface area contributed by atoms with Gasteiger partial charge in [-0.2, -0.15) is 5.10 Å². The smallest absolute Gasteiger partial charge is 0.319 e. The molecule has 0 aliphatic heterocycles. The summed E-state index contributed by atoms with van der Waals surface area (Å²) in [6.07, 6.45) is 3.23. The summed E-state index contributed by atoms with van der Waals surface area (Å²) >= 11 is 0. The molecule has 4 rings (SSSR count). The molecule has 0 aliphatic carbocycles. The molecule has 2 aromatic heterocycles. The summed E-state index contributed by atoms with van der Waals surface area (Å²) in [5, 5.41) is 23.7. The lowest BCUT2D eigenvalue weighted by Gasteiger charge is -2.11. The van der Waals surface area contributed by atoms with E-state index in [0.29, 0.717) is 12.2 Å². The first-order chi connectivity index (χ1) is 13.7. The normalized spacial score (nSPS) is 10.6. The average Bonchev–Trinajstić information content (AvgIpc) is 3.42. The monoisotopic (exact) mass is 374 g/mol. The lowest BCUT2D eigenvalue weighted by molar-refractivity contribution is 0.251. The van der Waals surface area contributed by atoms with E-state index < -0.39 is 0 Å². The zero-order chi connectivity index (χ0) is 19.3. The van der Waals surface area contributed by atoms with Gasteiger partial charge in [0, 0.05) is 18.4 Å². The second-order valence-corrected chi connectivity index (χ2v) is 6.23. The summed E-state index contributed by atoms with van der Waals surface area (Å²) in [7, 11) is 0. The van der Waals surface area contributed by atoms with Crippen LogP contribution >= 0.6 is 0 Å². The Kier molecular flexibility index (Phi) is 4.79. The highest BCUT2D eigenvalue weighted by Gasteiger charge is 2.07. The summed E-state index contributed by atoms with van der Waals surface area (Å²) in [5.74, 6) is 0. The van der Waals surface area contributed by atoms with Crippen molar-refractivity contribution in [2.45, 2.75) is 13.5 Å². The number of hydrogen-bond acceptors (Lipinski definition) is 5. The van der Waals surface area contributed by atoms with Gasteiger partial charge in [-0.3, -0.25) is 5.10 Å². The number of benzene rings is 2. The molecule has 4 aromatic rings. The number of amides is 2. The fourth-order valence-corrected chi connectivity index (χ4v) is 2.78. The number of H-pyrrole nitrogens is 1. The number of nitrogens with one attached hydrogen (secondary N) is 3. The lowest BCUT2D eigenvalue weighted by Crippen LogP contribution is -2.28. The summed E-state index contributed by atoms with van der Waals surface area (Å²) in [4.78, 5) is 12.2. The molecular weight excluding hydrogens is 356 g/mol. The van der Waals surface area contributed by atoms with Crippen LogP contribution in [0.15, 0.2) is 61.1 Å². The fraction of sp³-hybridized carbons (Fsp3) is 0.105. The van der Waals surface area contributed by atoms with Gasteiger partial charge in [0.05, 0.1) is 11.4 Å². The second kappa shape index (κ2) is 7.70. The number of aryl methyl sites for hydroxylation is 1. The number of carbonyl (C=O) groups is 1. The largest absolute Gasteiger partial charge is 0.334 e. The molecule has 0 fully saturated rings. The molecule has 140 valence electrons. The average molecular weight is 374 g/mol. The Balaban J connectivity index is 1.36. The van der Waals surface area contributed by atoms with Crippen LogP contribution in [0.4, 0.5) is 10.5 Å². The van der Waals surface area contributed by atoms with Crippen LogP contribution in [0.2, 0.25) is 0 Å². The van der Waals surface area contributed by atoms with Gasteiger partial charge in [0.2, 0.25) is 0 Å². The van der Waals surface area contributed by atoms with Crippen LogP contribution in [0.25, 0.3) is 16.9 Å². The highest BCUT2D eigenvalue weighted by Crippen LogP contribution is 2.19. The van der Waals surface area contributed by atoms with Crippen LogP contribution in [0.1, 0.15) is 11.1 Å². The van der Waals surface area contributed by atoms with Crippen molar-refractivity contribution in [1.29, 1.82) is 0 Å². The molecule has 2 heterocycles. The predicted molar refractivity (Wildman–Crippen MR) is 104 cm³/mol. The van der Waals surface area contributed by atoms with Gasteiger partial charge in [-0.25, -0.2) is 9.48 Å². The van der Waals surface area contributed by atoms with Crippen molar-refractivity contribution in [3.8, 4) is 16.9 Å². The standard InChI is InChI=1S/C19H18N8O/c1-13-2-7-16(10-18(13)27-12-22-25-26-27)23-19(28)20-11-14-3-5-15(6-4-14)17-8-9-21-24-17/h2-10,12H,11H2,1H3,(H,21,24)(H2,20,23,28). The quantitative estimate of drug-likeness (QED) is 0.497. The second-order valence-electron chi connectivity index (χ2n) is 6.23. The van der Waals surface area contributed by atoms with Crippen LogP contribution in [0.5, 0.6) is 0 Å². The zero-order valence-corrected chi connectivity index (χ0v) is 15.1. The van der Waals surface area contributed by atoms with Gasteiger partial charge >= 0.3 is 6.03 Å². The molecule has 0 atom stereocenters. The van der Waals surface area contributed by atoms with Crippen molar-refractivity contribution < 1.29 is 4.79 Å². The van der Waals surface area contributed by atoms with Crippen molar-refractivity contribution in [2.75, 3.05) is 5.32 Å². The molecule has 0 spiro atoms. The highest BCUT2D eigenvalue weighted by atomic mass is 16.2. The number of aromatic nitrogens is 6. The van der Waals surface area contributed by atoms with E-state index in [1.54, 1.807) is 10.9 Å². The van der Waals surface area contributed by atoms with Crippen molar-refractivity contribution in [3.63, 3.8) is 0 Å². The van der Waals surface area contributed by atoms with Crippen LogP contribution in [-0.4, -0.2) is 36.4 Å². The summed E-state index contributed by atoms with van der Waals surface area (Å²) in [5.41, 5.74) is 5.45.